The molecule has 1 aromatic rings. The average Bonchev–Trinajstić information content (AvgIpc) is 3.34. The lowest BCUT2D eigenvalue weighted by Crippen LogP contribution is -2.44. The summed E-state index contributed by atoms with van der Waals surface area (Å²) < 4.78 is 0. The number of nitro benzene ring substituents is 1. The van der Waals surface area contributed by atoms with Gasteiger partial charge in [0.1, 0.15) is 5.69 Å². The first kappa shape index (κ1) is 17.3. The van der Waals surface area contributed by atoms with Crippen LogP contribution in [0.1, 0.15) is 42.5 Å². The van der Waals surface area contributed by atoms with Crippen molar-refractivity contribution in [2.75, 3.05) is 44.2 Å². The number of rotatable bonds is 3. The summed E-state index contributed by atoms with van der Waals surface area (Å²) >= 11 is 0. The van der Waals surface area contributed by atoms with Gasteiger partial charge in [-0.05, 0) is 56.2 Å². The number of nitrogens with one attached hydrogen (secondary N) is 1. The Morgan fingerprint density at radius 2 is 1.85 bits per heavy atom. The lowest BCUT2D eigenvalue weighted by atomic mass is 9.78. The Bertz CT molecular complexity index is 699. The second-order valence-corrected chi connectivity index (χ2v) is 7.87. The van der Waals surface area contributed by atoms with Crippen LogP contribution in [0.3, 0.4) is 0 Å². The van der Waals surface area contributed by atoms with Crippen molar-refractivity contribution in [2.24, 2.45) is 5.41 Å². The second kappa shape index (κ2) is 6.87. The fourth-order valence-corrected chi connectivity index (χ4v) is 4.62. The van der Waals surface area contributed by atoms with Gasteiger partial charge in [-0.2, -0.15) is 0 Å². The highest BCUT2D eigenvalue weighted by molar-refractivity contribution is 5.96. The van der Waals surface area contributed by atoms with E-state index in [9.17, 15) is 14.9 Å². The molecule has 1 amide bonds. The molecule has 0 saturated carbocycles. The molecule has 1 spiro atoms. The van der Waals surface area contributed by atoms with Crippen LogP contribution in [-0.2, 0) is 0 Å². The minimum atomic E-state index is -0.361. The standard InChI is InChI=1S/C19H26N4O3/c24-18(22-11-6-19(7-12-22)5-8-20-14-19)15-3-4-16(17(13-15)23(25)26)21-9-1-2-10-21/h3-4,13,20H,1-2,5-12,14H2. The fourth-order valence-electron chi connectivity index (χ4n) is 4.62. The largest absolute Gasteiger partial charge is 0.366 e. The number of carbonyl (C=O) groups is 1. The number of carbonyl (C=O) groups excluding carboxylic acids is 1. The Kier molecular flexibility index (Phi) is 4.56. The summed E-state index contributed by atoms with van der Waals surface area (Å²) in [4.78, 5) is 28.0. The van der Waals surface area contributed by atoms with Crippen molar-refractivity contribution < 1.29 is 9.72 Å². The van der Waals surface area contributed by atoms with Crippen LogP contribution in [0.25, 0.3) is 0 Å². The van der Waals surface area contributed by atoms with Crippen LogP contribution < -0.4 is 10.2 Å². The molecular formula is C19H26N4O3. The molecule has 3 fully saturated rings. The molecule has 1 N–H and O–H groups in total. The molecule has 4 rings (SSSR count). The number of likely N-dealkylation sites (tertiary alicyclic amines) is 1. The van der Waals surface area contributed by atoms with E-state index in [2.05, 4.69) is 5.32 Å². The normalized spacial score (nSPS) is 22.2. The first-order chi connectivity index (χ1) is 12.6. The number of nitro groups is 1. The zero-order valence-electron chi connectivity index (χ0n) is 15.1. The first-order valence-electron chi connectivity index (χ1n) is 9.61. The lowest BCUT2D eigenvalue weighted by Gasteiger charge is -2.38. The van der Waals surface area contributed by atoms with Gasteiger partial charge in [-0.3, -0.25) is 14.9 Å². The number of piperidine rings is 1. The molecule has 7 nitrogen and oxygen atoms in total. The fraction of sp³-hybridized carbons (Fsp3) is 0.632. The minimum absolute atomic E-state index is 0.0474. The zero-order chi connectivity index (χ0) is 18.1. The third-order valence-corrected chi connectivity index (χ3v) is 6.31. The van der Waals surface area contributed by atoms with Crippen molar-refractivity contribution >= 4 is 17.3 Å². The van der Waals surface area contributed by atoms with Crippen LogP contribution in [0.15, 0.2) is 18.2 Å². The molecular weight excluding hydrogens is 332 g/mol. The van der Waals surface area contributed by atoms with E-state index >= 15 is 0 Å². The van der Waals surface area contributed by atoms with Gasteiger partial charge in [-0.15, -0.1) is 0 Å². The molecule has 26 heavy (non-hydrogen) atoms. The van der Waals surface area contributed by atoms with E-state index in [1.807, 2.05) is 9.80 Å². The highest BCUT2D eigenvalue weighted by Gasteiger charge is 2.38. The van der Waals surface area contributed by atoms with Crippen molar-refractivity contribution in [1.29, 1.82) is 0 Å². The number of hydrogen-bond acceptors (Lipinski definition) is 5. The smallest absolute Gasteiger partial charge is 0.293 e. The van der Waals surface area contributed by atoms with Crippen LogP contribution in [-0.4, -0.2) is 55.0 Å². The van der Waals surface area contributed by atoms with E-state index in [0.717, 1.165) is 65.0 Å². The maximum absolute atomic E-state index is 12.9. The highest BCUT2D eigenvalue weighted by Crippen LogP contribution is 2.38. The summed E-state index contributed by atoms with van der Waals surface area (Å²) in [6, 6.07) is 4.98. The Balaban J connectivity index is 1.51. The molecule has 7 heteroatoms. The van der Waals surface area contributed by atoms with Crippen molar-refractivity contribution in [2.45, 2.75) is 32.1 Å². The molecule has 0 radical (unpaired) electrons. The van der Waals surface area contributed by atoms with E-state index in [-0.39, 0.29) is 16.5 Å². The maximum Gasteiger partial charge on any atom is 0.293 e. The number of anilines is 1. The molecule has 0 bridgehead atoms. The van der Waals surface area contributed by atoms with Gasteiger partial charge >= 0.3 is 0 Å². The van der Waals surface area contributed by atoms with Crippen LogP contribution in [0, 0.1) is 15.5 Å². The van der Waals surface area contributed by atoms with Gasteiger partial charge in [-0.1, -0.05) is 0 Å². The highest BCUT2D eigenvalue weighted by atomic mass is 16.6. The molecule has 1 aromatic carbocycles. The Hall–Kier alpha value is -2.15. The Morgan fingerprint density at radius 3 is 2.46 bits per heavy atom. The summed E-state index contributed by atoms with van der Waals surface area (Å²) in [6.45, 7) is 5.28. The summed E-state index contributed by atoms with van der Waals surface area (Å²) in [5.74, 6) is -0.0816. The van der Waals surface area contributed by atoms with E-state index in [1.165, 1.54) is 12.5 Å². The van der Waals surface area contributed by atoms with Gasteiger partial charge in [0, 0.05) is 44.4 Å². The number of benzene rings is 1. The SMILES string of the molecule is O=C(c1ccc(N2CCCC2)c([N+](=O)[O-])c1)N1CCC2(CCNC2)CC1. The van der Waals surface area contributed by atoms with E-state index < -0.39 is 0 Å². The quantitative estimate of drug-likeness (QED) is 0.663. The number of nitrogens with zero attached hydrogens (tertiary/aromatic N) is 3. The molecule has 0 atom stereocenters. The molecule has 3 heterocycles. The Labute approximate surface area is 153 Å². The van der Waals surface area contributed by atoms with Crippen molar-refractivity contribution in [3.63, 3.8) is 0 Å². The van der Waals surface area contributed by atoms with Crippen LogP contribution in [0.5, 0.6) is 0 Å². The molecule has 0 aromatic heterocycles. The molecule has 0 aliphatic carbocycles. The van der Waals surface area contributed by atoms with Crippen molar-refractivity contribution in [1.82, 2.24) is 10.2 Å². The summed E-state index contributed by atoms with van der Waals surface area (Å²) in [5.41, 5.74) is 1.47. The van der Waals surface area contributed by atoms with Gasteiger partial charge in [0.05, 0.1) is 4.92 Å². The van der Waals surface area contributed by atoms with Gasteiger partial charge in [0.25, 0.3) is 11.6 Å². The monoisotopic (exact) mass is 358 g/mol. The summed E-state index contributed by atoms with van der Waals surface area (Å²) in [6.07, 6.45) is 5.33. The van der Waals surface area contributed by atoms with Gasteiger partial charge < -0.3 is 15.1 Å². The first-order valence-corrected chi connectivity index (χ1v) is 9.61. The third kappa shape index (κ3) is 3.16. The second-order valence-electron chi connectivity index (χ2n) is 7.87. The van der Waals surface area contributed by atoms with Crippen molar-refractivity contribution in [3.05, 3.63) is 33.9 Å². The predicted molar refractivity (Wildman–Crippen MR) is 99.6 cm³/mol. The number of amides is 1. The van der Waals surface area contributed by atoms with E-state index in [0.29, 0.717) is 16.7 Å². The third-order valence-electron chi connectivity index (χ3n) is 6.31. The number of hydrogen-bond donors (Lipinski definition) is 1. The molecule has 3 aliphatic heterocycles. The molecule has 0 unspecified atom stereocenters. The average molecular weight is 358 g/mol. The summed E-state index contributed by atoms with van der Waals surface area (Å²) in [5, 5.41) is 15.0. The van der Waals surface area contributed by atoms with Crippen LogP contribution in [0.4, 0.5) is 11.4 Å². The maximum atomic E-state index is 12.9. The molecule has 3 saturated heterocycles. The van der Waals surface area contributed by atoms with E-state index in [4.69, 9.17) is 0 Å². The minimum Gasteiger partial charge on any atom is -0.366 e. The van der Waals surface area contributed by atoms with Crippen LogP contribution in [0.2, 0.25) is 0 Å². The van der Waals surface area contributed by atoms with E-state index in [1.54, 1.807) is 12.1 Å². The Morgan fingerprint density at radius 1 is 1.12 bits per heavy atom. The van der Waals surface area contributed by atoms with Gasteiger partial charge in [0.2, 0.25) is 0 Å². The molecule has 140 valence electrons. The topological polar surface area (TPSA) is 78.7 Å². The zero-order valence-corrected chi connectivity index (χ0v) is 15.1. The molecule has 3 aliphatic rings. The summed E-state index contributed by atoms with van der Waals surface area (Å²) in [7, 11) is 0. The van der Waals surface area contributed by atoms with Crippen molar-refractivity contribution in [3.8, 4) is 0 Å². The predicted octanol–water partition coefficient (Wildman–Crippen LogP) is 2.41. The van der Waals surface area contributed by atoms with Crippen LogP contribution >= 0.6 is 0 Å². The van der Waals surface area contributed by atoms with Gasteiger partial charge in [-0.25, -0.2) is 0 Å². The van der Waals surface area contributed by atoms with Gasteiger partial charge in [0.15, 0.2) is 0 Å². The lowest BCUT2D eigenvalue weighted by molar-refractivity contribution is -0.384.